The lowest BCUT2D eigenvalue weighted by molar-refractivity contribution is -0.386. The summed E-state index contributed by atoms with van der Waals surface area (Å²) >= 11 is 0. The number of hydrogen-bond donors (Lipinski definition) is 1. The molecule has 0 atom stereocenters. The van der Waals surface area contributed by atoms with E-state index in [1.807, 2.05) is 0 Å². The number of nitro groups is 1. The number of benzene rings is 1. The van der Waals surface area contributed by atoms with E-state index in [4.69, 9.17) is 19.5 Å². The van der Waals surface area contributed by atoms with Crippen LogP contribution in [0.2, 0.25) is 0 Å². The molecule has 0 radical (unpaired) electrons. The van der Waals surface area contributed by atoms with Gasteiger partial charge in [0.2, 0.25) is 5.76 Å². The summed E-state index contributed by atoms with van der Waals surface area (Å²) < 4.78 is 10.0. The van der Waals surface area contributed by atoms with Gasteiger partial charge in [0.05, 0.1) is 22.8 Å². The van der Waals surface area contributed by atoms with Crippen molar-refractivity contribution in [1.82, 2.24) is 0 Å². The summed E-state index contributed by atoms with van der Waals surface area (Å²) in [7, 11) is 0. The maximum Gasteiger partial charge on any atom is 0.372 e. The van der Waals surface area contributed by atoms with Gasteiger partial charge >= 0.3 is 11.7 Å². The highest BCUT2D eigenvalue weighted by molar-refractivity contribution is 5.86. The first-order valence-corrected chi connectivity index (χ1v) is 5.64. The van der Waals surface area contributed by atoms with E-state index in [9.17, 15) is 14.9 Å². The van der Waals surface area contributed by atoms with E-state index in [-0.39, 0.29) is 34.9 Å². The molecule has 21 heavy (non-hydrogen) atoms. The lowest BCUT2D eigenvalue weighted by atomic mass is 10.2. The van der Waals surface area contributed by atoms with Crippen LogP contribution in [-0.4, -0.2) is 16.0 Å². The molecule has 2 aromatic rings. The quantitative estimate of drug-likeness (QED) is 0.660. The molecule has 0 fully saturated rings. The SMILES string of the molecule is N#Cc1ccc(OCc2ccoc2C(=O)O)c([N+](=O)[O-])c1. The molecule has 1 heterocycles. The summed E-state index contributed by atoms with van der Waals surface area (Å²) in [4.78, 5) is 21.1. The molecule has 0 unspecified atom stereocenters. The molecule has 0 saturated carbocycles. The van der Waals surface area contributed by atoms with Gasteiger partial charge in [0.15, 0.2) is 5.75 Å². The van der Waals surface area contributed by atoms with Crippen molar-refractivity contribution in [2.45, 2.75) is 6.61 Å². The Balaban J connectivity index is 2.24. The summed E-state index contributed by atoms with van der Waals surface area (Å²) in [5, 5.41) is 28.5. The normalized spacial score (nSPS) is 9.86. The zero-order valence-electron chi connectivity index (χ0n) is 10.5. The Morgan fingerprint density at radius 1 is 1.48 bits per heavy atom. The van der Waals surface area contributed by atoms with E-state index in [1.165, 1.54) is 24.5 Å². The molecule has 1 aromatic carbocycles. The number of rotatable bonds is 5. The molecule has 0 bridgehead atoms. The molecule has 8 heteroatoms. The van der Waals surface area contributed by atoms with Gasteiger partial charge in [-0.05, 0) is 18.2 Å². The summed E-state index contributed by atoms with van der Waals surface area (Å²) in [6.07, 6.45) is 1.19. The number of nitrogens with zero attached hydrogens (tertiary/aromatic N) is 2. The summed E-state index contributed by atoms with van der Waals surface area (Å²) in [6.45, 7) is -0.203. The van der Waals surface area contributed by atoms with Crippen LogP contribution in [0, 0.1) is 21.4 Å². The predicted octanol–water partition coefficient (Wildman–Crippen LogP) is 2.34. The highest BCUT2D eigenvalue weighted by Crippen LogP contribution is 2.28. The lowest BCUT2D eigenvalue weighted by Gasteiger charge is -2.06. The van der Waals surface area contributed by atoms with E-state index in [0.29, 0.717) is 0 Å². The van der Waals surface area contributed by atoms with Crippen LogP contribution in [0.4, 0.5) is 5.69 Å². The monoisotopic (exact) mass is 288 g/mol. The minimum atomic E-state index is -1.26. The van der Waals surface area contributed by atoms with Gasteiger partial charge < -0.3 is 14.3 Å². The van der Waals surface area contributed by atoms with Crippen LogP contribution >= 0.6 is 0 Å². The number of ether oxygens (including phenoxy) is 1. The molecule has 0 aliphatic rings. The third-order valence-electron chi connectivity index (χ3n) is 2.61. The summed E-state index contributed by atoms with van der Waals surface area (Å²) in [6, 6.07) is 6.94. The molecule has 106 valence electrons. The number of carboxylic acid groups (broad SMARTS) is 1. The predicted molar refractivity (Wildman–Crippen MR) is 67.8 cm³/mol. The Hall–Kier alpha value is -3.34. The number of hydrogen-bond acceptors (Lipinski definition) is 6. The van der Waals surface area contributed by atoms with Gasteiger partial charge in [-0.2, -0.15) is 5.26 Å². The fraction of sp³-hybridized carbons (Fsp3) is 0.0769. The molecular weight excluding hydrogens is 280 g/mol. The maximum absolute atomic E-state index is 10.9. The first-order chi connectivity index (χ1) is 10.0. The topological polar surface area (TPSA) is 127 Å². The Kier molecular flexibility index (Phi) is 3.85. The van der Waals surface area contributed by atoms with E-state index >= 15 is 0 Å². The van der Waals surface area contributed by atoms with Crippen LogP contribution in [0.15, 0.2) is 34.9 Å². The van der Waals surface area contributed by atoms with E-state index in [2.05, 4.69) is 0 Å². The Morgan fingerprint density at radius 2 is 2.24 bits per heavy atom. The van der Waals surface area contributed by atoms with Crippen molar-refractivity contribution in [3.63, 3.8) is 0 Å². The first kappa shape index (κ1) is 14.1. The van der Waals surface area contributed by atoms with Gasteiger partial charge in [0.25, 0.3) is 0 Å². The first-order valence-electron chi connectivity index (χ1n) is 5.64. The second-order valence-electron chi connectivity index (χ2n) is 3.92. The standard InChI is InChI=1S/C13H8N2O6/c14-6-8-1-2-11(10(5-8)15(18)19)21-7-9-3-4-20-12(9)13(16)17/h1-5H,7H2,(H,16,17). The van der Waals surface area contributed by atoms with Crippen LogP contribution < -0.4 is 4.74 Å². The van der Waals surface area contributed by atoms with E-state index < -0.39 is 10.9 Å². The molecule has 0 spiro atoms. The Morgan fingerprint density at radius 3 is 2.86 bits per heavy atom. The summed E-state index contributed by atoms with van der Waals surface area (Å²) in [5.74, 6) is -1.60. The molecule has 0 amide bonds. The molecule has 1 N–H and O–H groups in total. The summed E-state index contributed by atoms with van der Waals surface area (Å²) in [5.41, 5.74) is 0.0131. The van der Waals surface area contributed by atoms with Crippen LogP contribution in [-0.2, 0) is 6.61 Å². The largest absolute Gasteiger partial charge is 0.482 e. The molecule has 0 saturated heterocycles. The minimum absolute atomic E-state index is 0.0588. The minimum Gasteiger partial charge on any atom is -0.482 e. The van der Waals surface area contributed by atoms with Gasteiger partial charge in [-0.15, -0.1) is 0 Å². The zero-order valence-corrected chi connectivity index (χ0v) is 10.5. The fourth-order valence-corrected chi connectivity index (χ4v) is 1.64. The Labute approximate surface area is 117 Å². The molecular formula is C13H8N2O6. The maximum atomic E-state index is 10.9. The van der Waals surface area contributed by atoms with Gasteiger partial charge in [-0.3, -0.25) is 10.1 Å². The zero-order chi connectivity index (χ0) is 15.4. The molecule has 0 aliphatic heterocycles. The smallest absolute Gasteiger partial charge is 0.372 e. The third-order valence-corrected chi connectivity index (χ3v) is 2.61. The van der Waals surface area contributed by atoms with Gasteiger partial charge in [-0.25, -0.2) is 4.79 Å². The Bertz CT molecular complexity index is 743. The highest BCUT2D eigenvalue weighted by Gasteiger charge is 2.19. The fourth-order valence-electron chi connectivity index (χ4n) is 1.64. The van der Waals surface area contributed by atoms with E-state index in [1.54, 1.807) is 6.07 Å². The van der Waals surface area contributed by atoms with Gasteiger partial charge in [-0.1, -0.05) is 0 Å². The molecule has 2 rings (SSSR count). The van der Waals surface area contributed by atoms with Crippen molar-refractivity contribution in [3.8, 4) is 11.8 Å². The van der Waals surface area contributed by atoms with Crippen LogP contribution in [0.25, 0.3) is 0 Å². The van der Waals surface area contributed by atoms with Crippen LogP contribution in [0.5, 0.6) is 5.75 Å². The number of aromatic carboxylic acids is 1. The van der Waals surface area contributed by atoms with Crippen LogP contribution in [0.3, 0.4) is 0 Å². The average Bonchev–Trinajstić information content (AvgIpc) is 2.93. The molecule has 0 aliphatic carbocycles. The lowest BCUT2D eigenvalue weighted by Crippen LogP contribution is -2.04. The highest BCUT2D eigenvalue weighted by atomic mass is 16.6. The second kappa shape index (κ2) is 5.75. The van der Waals surface area contributed by atoms with Crippen molar-refractivity contribution in [2.24, 2.45) is 0 Å². The van der Waals surface area contributed by atoms with Crippen molar-refractivity contribution < 1.29 is 24.0 Å². The van der Waals surface area contributed by atoms with Crippen LogP contribution in [0.1, 0.15) is 21.7 Å². The number of carboxylic acids is 1. The molecule has 1 aromatic heterocycles. The van der Waals surface area contributed by atoms with Crippen molar-refractivity contribution in [1.29, 1.82) is 5.26 Å². The average molecular weight is 288 g/mol. The van der Waals surface area contributed by atoms with Gasteiger partial charge in [0, 0.05) is 11.6 Å². The van der Waals surface area contributed by atoms with Crippen molar-refractivity contribution >= 4 is 11.7 Å². The number of nitriles is 1. The van der Waals surface area contributed by atoms with Crippen molar-refractivity contribution in [3.05, 3.63) is 57.5 Å². The number of nitro benzene ring substituents is 1. The van der Waals surface area contributed by atoms with Gasteiger partial charge in [0.1, 0.15) is 6.61 Å². The number of furan rings is 1. The van der Waals surface area contributed by atoms with Crippen molar-refractivity contribution in [2.75, 3.05) is 0 Å². The third kappa shape index (κ3) is 2.98. The second-order valence-corrected chi connectivity index (χ2v) is 3.92. The molecule has 8 nitrogen and oxygen atoms in total. The number of carbonyl (C=O) groups is 1. The van der Waals surface area contributed by atoms with E-state index in [0.717, 1.165) is 6.07 Å².